The average Bonchev–Trinajstić information content (AvgIpc) is 3.15. The van der Waals surface area contributed by atoms with Gasteiger partial charge in [-0.1, -0.05) is 12.8 Å². The van der Waals surface area contributed by atoms with Crippen LogP contribution in [-0.4, -0.2) is 31.5 Å². The Labute approximate surface area is 133 Å². The average molecular weight is 315 g/mol. The third kappa shape index (κ3) is 2.64. The van der Waals surface area contributed by atoms with E-state index in [4.69, 9.17) is 0 Å². The zero-order valence-electron chi connectivity index (χ0n) is 13.2. The van der Waals surface area contributed by atoms with Crippen LogP contribution in [0, 0.1) is 18.8 Å². The Bertz CT molecular complexity index is 808. The molecule has 23 heavy (non-hydrogen) atoms. The summed E-state index contributed by atoms with van der Waals surface area (Å²) in [6.45, 7) is 1.75. The van der Waals surface area contributed by atoms with Gasteiger partial charge in [0.1, 0.15) is 5.82 Å². The molecule has 2 aliphatic rings. The van der Waals surface area contributed by atoms with Crippen molar-refractivity contribution < 1.29 is 4.79 Å². The topological polar surface area (TPSA) is 92.1 Å². The van der Waals surface area contributed by atoms with Crippen LogP contribution in [0.1, 0.15) is 43.6 Å². The van der Waals surface area contributed by atoms with Crippen LogP contribution in [0.15, 0.2) is 10.9 Å². The molecule has 2 fully saturated rings. The minimum Gasteiger partial charge on any atom is -0.353 e. The molecule has 7 heteroatoms. The molecular formula is C16H21N5O2. The number of H-pyrrole nitrogens is 1. The minimum atomic E-state index is -0.212. The molecule has 0 aliphatic heterocycles. The summed E-state index contributed by atoms with van der Waals surface area (Å²) in [6.07, 6.45) is 6.31. The van der Waals surface area contributed by atoms with Crippen LogP contribution in [0.5, 0.6) is 0 Å². The molecule has 0 aromatic carbocycles. The normalized spacial score (nSPS) is 26.6. The van der Waals surface area contributed by atoms with E-state index in [0.717, 1.165) is 12.3 Å². The fourth-order valence-corrected chi connectivity index (χ4v) is 4.27. The number of amides is 1. The lowest BCUT2D eigenvalue weighted by molar-refractivity contribution is -0.121. The van der Waals surface area contributed by atoms with Crippen LogP contribution < -0.4 is 10.9 Å². The van der Waals surface area contributed by atoms with E-state index in [1.165, 1.54) is 36.3 Å². The Hall–Kier alpha value is -2.18. The highest BCUT2D eigenvalue weighted by Crippen LogP contribution is 2.43. The standard InChI is InChI=1S/C16H21N5O2/c1-9-7-15(23)21-16(17-9)19-13(20-21)8-14(22)18-12-6-5-10-3-2-4-11(10)12/h7,10-12H,2-6,8H2,1H3,(H,18,22)(H,17,19,20). The first-order valence-electron chi connectivity index (χ1n) is 8.35. The molecule has 0 spiro atoms. The Balaban J connectivity index is 1.46. The van der Waals surface area contributed by atoms with E-state index in [-0.39, 0.29) is 17.9 Å². The molecule has 2 aromatic rings. The molecule has 2 N–H and O–H groups in total. The predicted molar refractivity (Wildman–Crippen MR) is 84.0 cm³/mol. The molecule has 2 heterocycles. The maximum atomic E-state index is 12.3. The third-order valence-electron chi connectivity index (χ3n) is 5.26. The van der Waals surface area contributed by atoms with Crippen LogP contribution in [0.25, 0.3) is 5.78 Å². The molecule has 0 radical (unpaired) electrons. The number of aromatic amines is 1. The number of fused-ring (bicyclic) bond motifs is 2. The molecule has 122 valence electrons. The number of carbonyl (C=O) groups excluding carboxylic acids is 1. The first-order valence-corrected chi connectivity index (χ1v) is 8.35. The van der Waals surface area contributed by atoms with Gasteiger partial charge in [0.05, 0.1) is 6.42 Å². The summed E-state index contributed by atoms with van der Waals surface area (Å²) >= 11 is 0. The van der Waals surface area contributed by atoms with Gasteiger partial charge < -0.3 is 5.32 Å². The summed E-state index contributed by atoms with van der Waals surface area (Å²) in [5.74, 6) is 2.21. The van der Waals surface area contributed by atoms with E-state index in [1.54, 1.807) is 6.92 Å². The van der Waals surface area contributed by atoms with Gasteiger partial charge in [0, 0.05) is 17.8 Å². The molecule has 7 nitrogen and oxygen atoms in total. The van der Waals surface area contributed by atoms with Crippen molar-refractivity contribution in [2.24, 2.45) is 11.8 Å². The summed E-state index contributed by atoms with van der Waals surface area (Å²) < 4.78 is 1.28. The summed E-state index contributed by atoms with van der Waals surface area (Å²) in [5, 5.41) is 6.03. The van der Waals surface area contributed by atoms with Crippen molar-refractivity contribution >= 4 is 11.7 Å². The van der Waals surface area contributed by atoms with Crippen molar-refractivity contribution in [1.29, 1.82) is 0 Å². The zero-order valence-corrected chi connectivity index (χ0v) is 13.2. The van der Waals surface area contributed by atoms with Crippen LogP contribution in [0.2, 0.25) is 0 Å². The molecule has 3 atom stereocenters. The number of nitrogens with zero attached hydrogens (tertiary/aromatic N) is 3. The highest BCUT2D eigenvalue weighted by Gasteiger charge is 2.39. The zero-order chi connectivity index (χ0) is 16.0. The highest BCUT2D eigenvalue weighted by molar-refractivity contribution is 5.78. The second-order valence-electron chi connectivity index (χ2n) is 6.82. The number of rotatable bonds is 3. The summed E-state index contributed by atoms with van der Waals surface area (Å²) in [6, 6.07) is 1.75. The lowest BCUT2D eigenvalue weighted by atomic mass is 9.97. The molecule has 0 saturated heterocycles. The van der Waals surface area contributed by atoms with Crippen molar-refractivity contribution in [3.8, 4) is 0 Å². The van der Waals surface area contributed by atoms with Gasteiger partial charge in [-0.25, -0.2) is 4.98 Å². The van der Waals surface area contributed by atoms with Crippen LogP contribution in [-0.2, 0) is 11.2 Å². The molecule has 4 rings (SSSR count). The SMILES string of the molecule is Cc1cc(=O)n2[nH]c(CC(=O)NC3CCC4CCCC43)nc2n1. The molecule has 2 aromatic heterocycles. The Morgan fingerprint density at radius 2 is 2.22 bits per heavy atom. The molecule has 1 amide bonds. The van der Waals surface area contributed by atoms with Crippen molar-refractivity contribution in [2.75, 3.05) is 0 Å². The largest absolute Gasteiger partial charge is 0.353 e. The number of carbonyl (C=O) groups is 1. The van der Waals surface area contributed by atoms with Crippen LogP contribution in [0.4, 0.5) is 0 Å². The number of hydrogen-bond donors (Lipinski definition) is 2. The van der Waals surface area contributed by atoms with E-state index in [9.17, 15) is 9.59 Å². The summed E-state index contributed by atoms with van der Waals surface area (Å²) in [7, 11) is 0. The van der Waals surface area contributed by atoms with E-state index in [0.29, 0.717) is 29.3 Å². The summed E-state index contributed by atoms with van der Waals surface area (Å²) in [4.78, 5) is 32.6. The molecule has 0 bridgehead atoms. The lowest BCUT2D eigenvalue weighted by Crippen LogP contribution is -2.38. The Morgan fingerprint density at radius 3 is 3.09 bits per heavy atom. The van der Waals surface area contributed by atoms with Gasteiger partial charge >= 0.3 is 0 Å². The lowest BCUT2D eigenvalue weighted by Gasteiger charge is -2.19. The van der Waals surface area contributed by atoms with E-state index < -0.39 is 0 Å². The molecule has 2 saturated carbocycles. The van der Waals surface area contributed by atoms with Gasteiger partial charge in [-0.3, -0.25) is 14.7 Å². The minimum absolute atomic E-state index is 0.0358. The number of hydrogen-bond acceptors (Lipinski definition) is 4. The molecule has 3 unspecified atom stereocenters. The third-order valence-corrected chi connectivity index (χ3v) is 5.26. The Kier molecular flexibility index (Phi) is 3.43. The Morgan fingerprint density at radius 1 is 1.35 bits per heavy atom. The fourth-order valence-electron chi connectivity index (χ4n) is 4.27. The molecular weight excluding hydrogens is 294 g/mol. The summed E-state index contributed by atoms with van der Waals surface area (Å²) in [5.41, 5.74) is 0.409. The first kappa shape index (κ1) is 14.4. The number of nitrogens with one attached hydrogen (secondary N) is 2. The van der Waals surface area contributed by atoms with Gasteiger partial charge in [-0.05, 0) is 38.0 Å². The smallest absolute Gasteiger partial charge is 0.274 e. The molecule has 2 aliphatic carbocycles. The maximum Gasteiger partial charge on any atom is 0.274 e. The van der Waals surface area contributed by atoms with E-state index in [2.05, 4.69) is 20.4 Å². The van der Waals surface area contributed by atoms with E-state index in [1.807, 2.05) is 0 Å². The van der Waals surface area contributed by atoms with Gasteiger partial charge in [0.2, 0.25) is 5.91 Å². The fraction of sp³-hybridized carbons (Fsp3) is 0.625. The predicted octanol–water partition coefficient (Wildman–Crippen LogP) is 0.963. The monoisotopic (exact) mass is 315 g/mol. The van der Waals surface area contributed by atoms with Gasteiger partial charge in [0.15, 0.2) is 0 Å². The van der Waals surface area contributed by atoms with Crippen LogP contribution >= 0.6 is 0 Å². The second-order valence-corrected chi connectivity index (χ2v) is 6.82. The van der Waals surface area contributed by atoms with Crippen LogP contribution in [0.3, 0.4) is 0 Å². The highest BCUT2D eigenvalue weighted by atomic mass is 16.2. The number of aromatic nitrogens is 4. The second kappa shape index (κ2) is 5.47. The van der Waals surface area contributed by atoms with Gasteiger partial charge in [-0.2, -0.15) is 9.50 Å². The van der Waals surface area contributed by atoms with Crippen molar-refractivity contribution in [1.82, 2.24) is 24.9 Å². The van der Waals surface area contributed by atoms with Gasteiger partial charge in [0.25, 0.3) is 11.3 Å². The quantitative estimate of drug-likeness (QED) is 0.882. The van der Waals surface area contributed by atoms with E-state index >= 15 is 0 Å². The van der Waals surface area contributed by atoms with Gasteiger partial charge in [-0.15, -0.1) is 0 Å². The van der Waals surface area contributed by atoms with Crippen molar-refractivity contribution in [2.45, 2.75) is 51.5 Å². The first-order chi connectivity index (χ1) is 11.1. The number of aryl methyl sites for hydroxylation is 1. The van der Waals surface area contributed by atoms with Crippen molar-refractivity contribution in [3.63, 3.8) is 0 Å². The maximum absolute atomic E-state index is 12.3. The van der Waals surface area contributed by atoms with Crippen molar-refractivity contribution in [3.05, 3.63) is 27.9 Å².